The molecule has 1 N–H and O–H groups in total. The molecule has 0 fully saturated rings. The van der Waals surface area contributed by atoms with Crippen molar-refractivity contribution >= 4 is 11.5 Å². The number of nitro groups is 1. The van der Waals surface area contributed by atoms with Crippen LogP contribution in [0.1, 0.15) is 44.9 Å². The van der Waals surface area contributed by atoms with E-state index in [1.807, 2.05) is 4.68 Å². The number of rotatable bonds is 2. The number of fused-ring (bicyclic) bond motifs is 1. The lowest BCUT2D eigenvalue weighted by Gasteiger charge is -2.17. The summed E-state index contributed by atoms with van der Waals surface area (Å²) in [4.78, 5) is 10.5. The Kier molecular flexibility index (Phi) is 3.83. The molecule has 2 heterocycles. The van der Waals surface area contributed by atoms with Gasteiger partial charge in [0.15, 0.2) is 0 Å². The molecule has 2 aromatic rings. The van der Waals surface area contributed by atoms with Crippen LogP contribution in [-0.4, -0.2) is 21.2 Å². The third-order valence-electron chi connectivity index (χ3n) is 4.15. The number of aromatic nitrogens is 2. The second-order valence-corrected chi connectivity index (χ2v) is 6.99. The predicted octanol–water partition coefficient (Wildman–Crippen LogP) is 3.83. The first-order valence-corrected chi connectivity index (χ1v) is 7.99. The molecule has 0 saturated heterocycles. The van der Waals surface area contributed by atoms with Crippen LogP contribution in [0.4, 0.5) is 11.5 Å². The third-order valence-corrected chi connectivity index (χ3v) is 4.15. The van der Waals surface area contributed by atoms with Gasteiger partial charge in [-0.1, -0.05) is 20.8 Å². The number of non-ortho nitro benzene ring substituents is 1. The van der Waals surface area contributed by atoms with Gasteiger partial charge >= 0.3 is 0 Å². The maximum atomic E-state index is 10.8. The van der Waals surface area contributed by atoms with Gasteiger partial charge < -0.3 is 5.32 Å². The molecular formula is C17H22N4O2. The Bertz CT molecular complexity index is 726. The maximum absolute atomic E-state index is 10.8. The average molecular weight is 314 g/mol. The highest BCUT2D eigenvalue weighted by Gasteiger charge is 2.28. The van der Waals surface area contributed by atoms with Crippen molar-refractivity contribution in [1.29, 1.82) is 0 Å². The molecule has 6 nitrogen and oxygen atoms in total. The van der Waals surface area contributed by atoms with E-state index in [2.05, 4.69) is 26.1 Å². The third kappa shape index (κ3) is 2.93. The number of anilines is 1. The van der Waals surface area contributed by atoms with Gasteiger partial charge in [-0.15, -0.1) is 0 Å². The average Bonchev–Trinajstić information content (AvgIpc) is 2.70. The molecule has 6 heteroatoms. The zero-order valence-electron chi connectivity index (χ0n) is 13.8. The molecule has 1 aromatic heterocycles. The van der Waals surface area contributed by atoms with Gasteiger partial charge in [-0.05, 0) is 31.4 Å². The second-order valence-electron chi connectivity index (χ2n) is 6.99. The molecule has 0 aliphatic carbocycles. The zero-order valence-corrected chi connectivity index (χ0v) is 13.8. The van der Waals surface area contributed by atoms with Crippen LogP contribution in [0.3, 0.4) is 0 Å². The van der Waals surface area contributed by atoms with Crippen molar-refractivity contribution < 1.29 is 4.92 Å². The molecule has 0 amide bonds. The summed E-state index contributed by atoms with van der Waals surface area (Å²) >= 11 is 0. The summed E-state index contributed by atoms with van der Waals surface area (Å²) in [6.07, 6.45) is 3.30. The standard InChI is InChI=1S/C17H22N4O2/c1-17(2,3)15-14-6-4-5-11-18-16(14)20(19-15)12-7-9-13(10-8-12)21(22)23/h7-10,18H,4-6,11H2,1-3H3. The molecular weight excluding hydrogens is 292 g/mol. The number of hydrogen-bond donors (Lipinski definition) is 1. The van der Waals surface area contributed by atoms with E-state index in [0.717, 1.165) is 43.0 Å². The van der Waals surface area contributed by atoms with Crippen molar-refractivity contribution in [2.45, 2.75) is 45.4 Å². The normalized spacial score (nSPS) is 14.7. The highest BCUT2D eigenvalue weighted by molar-refractivity contribution is 5.56. The first-order valence-electron chi connectivity index (χ1n) is 7.99. The van der Waals surface area contributed by atoms with E-state index in [4.69, 9.17) is 5.10 Å². The van der Waals surface area contributed by atoms with Crippen molar-refractivity contribution in [3.8, 4) is 5.69 Å². The Morgan fingerprint density at radius 1 is 1.22 bits per heavy atom. The van der Waals surface area contributed by atoms with E-state index in [0.29, 0.717) is 0 Å². The van der Waals surface area contributed by atoms with Gasteiger partial charge in [0.1, 0.15) is 5.82 Å². The summed E-state index contributed by atoms with van der Waals surface area (Å²) in [6.45, 7) is 7.43. The van der Waals surface area contributed by atoms with Gasteiger partial charge in [0, 0.05) is 29.7 Å². The zero-order chi connectivity index (χ0) is 16.6. The van der Waals surface area contributed by atoms with Gasteiger partial charge in [0.05, 0.1) is 16.3 Å². The van der Waals surface area contributed by atoms with Crippen LogP contribution in [0.15, 0.2) is 24.3 Å². The number of nitrogens with one attached hydrogen (secondary N) is 1. The highest BCUT2D eigenvalue weighted by atomic mass is 16.6. The summed E-state index contributed by atoms with van der Waals surface area (Å²) in [6, 6.07) is 6.56. The lowest BCUT2D eigenvalue weighted by Crippen LogP contribution is -2.15. The van der Waals surface area contributed by atoms with Crippen LogP contribution >= 0.6 is 0 Å². The fraction of sp³-hybridized carbons (Fsp3) is 0.471. The van der Waals surface area contributed by atoms with E-state index in [1.54, 1.807) is 12.1 Å². The van der Waals surface area contributed by atoms with E-state index >= 15 is 0 Å². The van der Waals surface area contributed by atoms with Crippen LogP contribution < -0.4 is 5.32 Å². The van der Waals surface area contributed by atoms with Crippen LogP contribution in [0.2, 0.25) is 0 Å². The van der Waals surface area contributed by atoms with Crippen molar-refractivity contribution in [2.75, 3.05) is 11.9 Å². The lowest BCUT2D eigenvalue weighted by atomic mass is 9.88. The minimum absolute atomic E-state index is 0.0396. The monoisotopic (exact) mass is 314 g/mol. The van der Waals surface area contributed by atoms with Gasteiger partial charge in [-0.25, -0.2) is 4.68 Å². The highest BCUT2D eigenvalue weighted by Crippen LogP contribution is 2.34. The number of hydrogen-bond acceptors (Lipinski definition) is 4. The molecule has 23 heavy (non-hydrogen) atoms. The Balaban J connectivity index is 2.11. The number of nitro benzene ring substituents is 1. The maximum Gasteiger partial charge on any atom is 0.269 e. The molecule has 0 unspecified atom stereocenters. The fourth-order valence-electron chi connectivity index (χ4n) is 3.01. The summed E-state index contributed by atoms with van der Waals surface area (Å²) < 4.78 is 1.89. The molecule has 122 valence electrons. The minimum atomic E-state index is -0.383. The molecule has 1 aliphatic heterocycles. The Labute approximate surface area is 135 Å². The van der Waals surface area contributed by atoms with E-state index in [9.17, 15) is 10.1 Å². The Morgan fingerprint density at radius 2 is 1.91 bits per heavy atom. The predicted molar refractivity (Wildman–Crippen MR) is 90.3 cm³/mol. The van der Waals surface area contributed by atoms with Gasteiger partial charge in [-0.2, -0.15) is 5.10 Å². The van der Waals surface area contributed by atoms with Crippen molar-refractivity contribution in [1.82, 2.24) is 9.78 Å². The van der Waals surface area contributed by atoms with Crippen LogP contribution in [0.25, 0.3) is 5.69 Å². The lowest BCUT2D eigenvalue weighted by molar-refractivity contribution is -0.384. The SMILES string of the molecule is CC(C)(C)c1nn(-c2ccc([N+](=O)[O-])cc2)c2c1CCCCN2. The fourth-order valence-corrected chi connectivity index (χ4v) is 3.01. The molecule has 0 spiro atoms. The molecule has 3 rings (SSSR count). The van der Waals surface area contributed by atoms with Gasteiger partial charge in [-0.3, -0.25) is 10.1 Å². The number of nitrogens with zero attached hydrogens (tertiary/aromatic N) is 3. The van der Waals surface area contributed by atoms with Gasteiger partial charge in [0.2, 0.25) is 0 Å². The van der Waals surface area contributed by atoms with Crippen molar-refractivity contribution in [3.63, 3.8) is 0 Å². The van der Waals surface area contributed by atoms with Crippen molar-refractivity contribution in [3.05, 3.63) is 45.6 Å². The topological polar surface area (TPSA) is 73.0 Å². The molecule has 0 saturated carbocycles. The smallest absolute Gasteiger partial charge is 0.269 e. The quantitative estimate of drug-likeness (QED) is 0.675. The van der Waals surface area contributed by atoms with Crippen LogP contribution in [0.5, 0.6) is 0 Å². The first kappa shape index (κ1) is 15.5. The first-order chi connectivity index (χ1) is 10.9. The van der Waals surface area contributed by atoms with Crippen LogP contribution in [-0.2, 0) is 11.8 Å². The van der Waals surface area contributed by atoms with E-state index in [-0.39, 0.29) is 16.0 Å². The summed E-state index contributed by atoms with van der Waals surface area (Å²) in [5, 5.41) is 19.2. The molecule has 0 radical (unpaired) electrons. The van der Waals surface area contributed by atoms with E-state index in [1.165, 1.54) is 17.7 Å². The molecule has 1 aliphatic rings. The second kappa shape index (κ2) is 5.68. The Morgan fingerprint density at radius 3 is 2.52 bits per heavy atom. The number of benzene rings is 1. The van der Waals surface area contributed by atoms with Gasteiger partial charge in [0.25, 0.3) is 5.69 Å². The summed E-state index contributed by atoms with van der Waals surface area (Å²) in [5.41, 5.74) is 3.27. The molecule has 1 aromatic carbocycles. The summed E-state index contributed by atoms with van der Waals surface area (Å²) in [5.74, 6) is 1.03. The molecule has 0 atom stereocenters. The largest absolute Gasteiger partial charge is 0.370 e. The minimum Gasteiger partial charge on any atom is -0.370 e. The molecule has 0 bridgehead atoms. The Hall–Kier alpha value is -2.37. The van der Waals surface area contributed by atoms with Crippen molar-refractivity contribution in [2.24, 2.45) is 0 Å². The summed E-state index contributed by atoms with van der Waals surface area (Å²) in [7, 11) is 0. The van der Waals surface area contributed by atoms with E-state index < -0.39 is 0 Å². The van der Waals surface area contributed by atoms with Crippen LogP contribution in [0, 0.1) is 10.1 Å².